The number of H-pyrrole nitrogens is 1. The Morgan fingerprint density at radius 3 is 2.87 bits per heavy atom. The Labute approximate surface area is 177 Å². The van der Waals surface area contributed by atoms with E-state index < -0.39 is 30.3 Å². The molecule has 31 heavy (non-hydrogen) atoms. The molecule has 0 aliphatic rings. The van der Waals surface area contributed by atoms with E-state index in [1.54, 1.807) is 18.2 Å². The second kappa shape index (κ2) is 7.71. The number of alkyl halides is 3. The number of nitrogens with one attached hydrogen (secondary N) is 2. The van der Waals surface area contributed by atoms with Gasteiger partial charge in [-0.15, -0.1) is 0 Å². The summed E-state index contributed by atoms with van der Waals surface area (Å²) in [6, 6.07) is 9.09. The van der Waals surface area contributed by atoms with Crippen molar-refractivity contribution in [1.82, 2.24) is 25.1 Å². The van der Waals surface area contributed by atoms with Gasteiger partial charge in [-0.05, 0) is 35.2 Å². The Morgan fingerprint density at radius 1 is 1.26 bits per heavy atom. The van der Waals surface area contributed by atoms with Crippen LogP contribution in [0.15, 0.2) is 59.8 Å². The minimum atomic E-state index is -4.64. The fraction of sp³-hybridized carbons (Fsp3) is 0.143. The van der Waals surface area contributed by atoms with E-state index in [1.165, 1.54) is 35.2 Å². The third-order valence-corrected chi connectivity index (χ3v) is 4.72. The number of amides is 1. The molecule has 3 aromatic heterocycles. The zero-order valence-electron chi connectivity index (χ0n) is 18.7. The highest BCUT2D eigenvalue weighted by molar-refractivity contribution is 5.94. The number of carbonyl (C=O) groups is 1. The molecule has 0 saturated heterocycles. The van der Waals surface area contributed by atoms with E-state index in [9.17, 15) is 22.8 Å². The molecule has 0 aliphatic heterocycles. The number of carbonyl (C=O) groups excluding carboxylic acids is 1. The smallest absolute Gasteiger partial charge is 0.355 e. The third kappa shape index (κ3) is 3.91. The van der Waals surface area contributed by atoms with Crippen molar-refractivity contribution in [2.45, 2.75) is 12.7 Å². The molecular formula is C21H16F3N5O2. The maximum absolute atomic E-state index is 13.2. The summed E-state index contributed by atoms with van der Waals surface area (Å²) >= 11 is 0. The van der Waals surface area contributed by atoms with Crippen molar-refractivity contribution < 1.29 is 22.1 Å². The molecule has 0 saturated carbocycles. The number of aromatic amines is 1. The summed E-state index contributed by atoms with van der Waals surface area (Å²) in [6.45, 7) is -2.56. The van der Waals surface area contributed by atoms with Crippen molar-refractivity contribution in [3.8, 4) is 11.3 Å². The van der Waals surface area contributed by atoms with Gasteiger partial charge >= 0.3 is 6.18 Å². The molecule has 3 heterocycles. The summed E-state index contributed by atoms with van der Waals surface area (Å²) in [5, 5.41) is 7.86. The first-order chi connectivity index (χ1) is 15.9. The van der Waals surface area contributed by atoms with Crippen LogP contribution in [0.3, 0.4) is 0 Å². The van der Waals surface area contributed by atoms with Crippen LogP contribution in [0.2, 0.25) is 0 Å². The lowest BCUT2D eigenvalue weighted by Gasteiger charge is -2.10. The van der Waals surface area contributed by atoms with Crippen molar-refractivity contribution in [1.29, 1.82) is 0 Å². The van der Waals surface area contributed by atoms with Gasteiger partial charge in [-0.2, -0.15) is 18.3 Å². The number of aromatic nitrogens is 4. The molecule has 0 atom stereocenters. The van der Waals surface area contributed by atoms with Gasteiger partial charge in [-0.1, -0.05) is 12.1 Å². The Bertz CT molecular complexity index is 1440. The van der Waals surface area contributed by atoms with Crippen molar-refractivity contribution >= 4 is 16.7 Å². The zero-order chi connectivity index (χ0) is 24.7. The predicted molar refractivity (Wildman–Crippen MR) is 108 cm³/mol. The fourth-order valence-corrected chi connectivity index (χ4v) is 3.23. The van der Waals surface area contributed by atoms with E-state index in [-0.39, 0.29) is 28.8 Å². The van der Waals surface area contributed by atoms with E-state index >= 15 is 0 Å². The number of rotatable bonds is 4. The van der Waals surface area contributed by atoms with Crippen LogP contribution < -0.4 is 10.9 Å². The van der Waals surface area contributed by atoms with Crippen LogP contribution in [0.25, 0.3) is 22.0 Å². The van der Waals surface area contributed by atoms with Gasteiger partial charge in [0.05, 0.1) is 29.4 Å². The number of nitrogens with zero attached hydrogens (tertiary/aromatic N) is 3. The Kier molecular flexibility index (Phi) is 4.18. The molecule has 2 N–H and O–H groups in total. The SMILES string of the molecule is [2H]C([2H])([2H])NC(=O)c1cccc(Cn2ccc3cc(-c4cn[nH]c4C(F)(F)F)ncc3c2=O)c1. The van der Waals surface area contributed by atoms with Gasteiger partial charge in [0.2, 0.25) is 0 Å². The van der Waals surface area contributed by atoms with E-state index in [0.29, 0.717) is 10.9 Å². The number of pyridine rings is 2. The van der Waals surface area contributed by atoms with Crippen molar-refractivity contribution in [3.63, 3.8) is 0 Å². The van der Waals surface area contributed by atoms with Gasteiger partial charge in [-0.3, -0.25) is 19.7 Å². The summed E-state index contributed by atoms with van der Waals surface area (Å²) in [6.07, 6.45) is -0.936. The molecule has 0 radical (unpaired) electrons. The summed E-state index contributed by atoms with van der Waals surface area (Å²) < 4.78 is 62.3. The molecule has 7 nitrogen and oxygen atoms in total. The quantitative estimate of drug-likeness (QED) is 0.520. The van der Waals surface area contributed by atoms with Gasteiger partial charge in [-0.25, -0.2) is 0 Å². The molecule has 0 bridgehead atoms. The topological polar surface area (TPSA) is 92.7 Å². The first-order valence-corrected chi connectivity index (χ1v) is 8.94. The number of halogens is 3. The Balaban J connectivity index is 1.64. The predicted octanol–water partition coefficient (Wildman–Crippen LogP) is 3.21. The number of fused-ring (bicyclic) bond motifs is 1. The second-order valence-electron chi connectivity index (χ2n) is 6.72. The highest BCUT2D eigenvalue weighted by atomic mass is 19.4. The maximum Gasteiger partial charge on any atom is 0.433 e. The summed E-state index contributed by atoms with van der Waals surface area (Å²) in [4.78, 5) is 29.1. The fourth-order valence-electron chi connectivity index (χ4n) is 3.23. The van der Waals surface area contributed by atoms with Gasteiger partial charge in [0.1, 0.15) is 5.69 Å². The molecule has 1 aromatic carbocycles. The molecule has 1 amide bonds. The van der Waals surface area contributed by atoms with Gasteiger partial charge < -0.3 is 9.88 Å². The molecule has 10 heteroatoms. The van der Waals surface area contributed by atoms with Crippen LogP contribution in [-0.2, 0) is 12.7 Å². The average molecular weight is 430 g/mol. The molecule has 0 aliphatic carbocycles. The van der Waals surface area contributed by atoms with Crippen LogP contribution in [0.1, 0.15) is 25.7 Å². The largest absolute Gasteiger partial charge is 0.433 e. The van der Waals surface area contributed by atoms with E-state index in [1.807, 2.05) is 10.4 Å². The van der Waals surface area contributed by atoms with Crippen LogP contribution in [-0.4, -0.2) is 32.6 Å². The number of benzene rings is 1. The van der Waals surface area contributed by atoms with Crippen LogP contribution in [0, 0.1) is 0 Å². The lowest BCUT2D eigenvalue weighted by molar-refractivity contribution is -0.140. The van der Waals surface area contributed by atoms with E-state index in [4.69, 9.17) is 4.11 Å². The number of hydrogen-bond donors (Lipinski definition) is 2. The summed E-state index contributed by atoms with van der Waals surface area (Å²) in [7, 11) is 0. The lowest BCUT2D eigenvalue weighted by Crippen LogP contribution is -2.21. The summed E-state index contributed by atoms with van der Waals surface area (Å²) in [5.74, 6) is -0.776. The zero-order valence-corrected chi connectivity index (χ0v) is 15.7. The van der Waals surface area contributed by atoms with Gasteiger partial charge in [0.25, 0.3) is 11.5 Å². The Morgan fingerprint density at radius 2 is 2.10 bits per heavy atom. The van der Waals surface area contributed by atoms with Crippen LogP contribution >= 0.6 is 0 Å². The Hall–Kier alpha value is -3.95. The van der Waals surface area contributed by atoms with Crippen molar-refractivity contribution in [3.05, 3.63) is 82.2 Å². The minimum absolute atomic E-state index is 0.0127. The average Bonchev–Trinajstić information content (AvgIpc) is 3.25. The first-order valence-electron chi connectivity index (χ1n) is 10.4. The third-order valence-electron chi connectivity index (χ3n) is 4.72. The highest BCUT2D eigenvalue weighted by Gasteiger charge is 2.36. The van der Waals surface area contributed by atoms with E-state index in [0.717, 1.165) is 6.20 Å². The molecule has 158 valence electrons. The standard InChI is InChI=1S/C21H16F3N5O2/c1-25-19(30)14-4-2-3-12(7-14)11-29-6-5-13-8-17(26-9-15(13)20(29)31)16-10-27-28-18(16)21(22,23)24/h2-10H,11H2,1H3,(H,25,30)(H,27,28)/i1D3. The van der Waals surface area contributed by atoms with E-state index in [2.05, 4.69) is 10.1 Å². The molecule has 0 fully saturated rings. The molecular weight excluding hydrogens is 411 g/mol. The van der Waals surface area contributed by atoms with Gasteiger partial charge in [0.15, 0.2) is 0 Å². The molecule has 4 aromatic rings. The molecule has 0 spiro atoms. The normalized spacial score (nSPS) is 13.5. The van der Waals surface area contributed by atoms with Crippen molar-refractivity contribution in [2.24, 2.45) is 0 Å². The second-order valence-corrected chi connectivity index (χ2v) is 6.72. The van der Waals surface area contributed by atoms with Crippen LogP contribution in [0.5, 0.6) is 0 Å². The lowest BCUT2D eigenvalue weighted by atomic mass is 10.1. The minimum Gasteiger partial charge on any atom is -0.355 e. The van der Waals surface area contributed by atoms with Crippen LogP contribution in [0.4, 0.5) is 13.2 Å². The number of hydrogen-bond acceptors (Lipinski definition) is 4. The summed E-state index contributed by atoms with van der Waals surface area (Å²) in [5.41, 5.74) is -0.997. The molecule has 0 unspecified atom stereocenters. The highest BCUT2D eigenvalue weighted by Crippen LogP contribution is 2.35. The monoisotopic (exact) mass is 430 g/mol. The maximum atomic E-state index is 13.2. The molecule has 4 rings (SSSR count). The van der Waals surface area contributed by atoms with Gasteiger partial charge in [0, 0.05) is 29.0 Å². The van der Waals surface area contributed by atoms with Crippen molar-refractivity contribution in [2.75, 3.05) is 6.98 Å². The first kappa shape index (κ1) is 16.8.